The number of alkyl halides is 3. The Morgan fingerprint density at radius 1 is 1.00 bits per heavy atom. The number of benzene rings is 1. The molecule has 1 aromatic carbocycles. The summed E-state index contributed by atoms with van der Waals surface area (Å²) < 4.78 is 86.1. The van der Waals surface area contributed by atoms with Crippen LogP contribution in [0, 0.1) is 23.0 Å². The van der Waals surface area contributed by atoms with E-state index >= 15 is 8.78 Å². The molecule has 284 valence electrons. The van der Waals surface area contributed by atoms with Gasteiger partial charge < -0.3 is 15.4 Å². The summed E-state index contributed by atoms with van der Waals surface area (Å²) in [6.07, 6.45) is 5.46. The van der Waals surface area contributed by atoms with Gasteiger partial charge in [0.05, 0.1) is 17.4 Å². The summed E-state index contributed by atoms with van der Waals surface area (Å²) >= 11 is 0. The van der Waals surface area contributed by atoms with Crippen LogP contribution >= 0.6 is 8.73 Å². The fourth-order valence-corrected chi connectivity index (χ4v) is 7.84. The van der Waals surface area contributed by atoms with Crippen LogP contribution in [0.5, 0.6) is 0 Å². The molecule has 2 aromatic rings. The van der Waals surface area contributed by atoms with E-state index in [0.717, 1.165) is 58.1 Å². The van der Waals surface area contributed by atoms with Crippen LogP contribution in [0.25, 0.3) is 5.70 Å². The smallest absolute Gasteiger partial charge is 0.361 e. The Bertz CT molecular complexity index is 1640. The second-order valence-electron chi connectivity index (χ2n) is 13.8. The van der Waals surface area contributed by atoms with E-state index in [4.69, 9.17) is 0 Å². The predicted octanol–water partition coefficient (Wildman–Crippen LogP) is 9.66. The molecule has 0 bridgehead atoms. The summed E-state index contributed by atoms with van der Waals surface area (Å²) in [7, 11) is 1.46. The number of pyridine rings is 1. The SMILES string of the molecule is C=CNN(C)C(/C(PN/C(C=C)=C(/N=C(\C)C(F)(F)F)c1ccc(F)nc1)=C(/C=C)Cc1ccc(CCCN2CCCCC2)c(F)c1F)C(C)(C)C. The molecule has 2 unspecified atom stereocenters. The lowest BCUT2D eigenvalue weighted by Crippen LogP contribution is -2.48. The molecule has 3 rings (SSSR count). The molecule has 13 heteroatoms. The summed E-state index contributed by atoms with van der Waals surface area (Å²) in [6.45, 7) is 21.4. The third-order valence-corrected chi connectivity index (χ3v) is 10.1. The number of hydrogen-bond acceptors (Lipinski definition) is 6. The summed E-state index contributed by atoms with van der Waals surface area (Å²) in [5.74, 6) is -2.60. The zero-order chi connectivity index (χ0) is 38.6. The Hall–Kier alpha value is -3.73. The van der Waals surface area contributed by atoms with E-state index in [1.54, 1.807) is 25.3 Å². The largest absolute Gasteiger partial charge is 0.429 e. The van der Waals surface area contributed by atoms with Crippen molar-refractivity contribution in [2.45, 2.75) is 78.4 Å². The summed E-state index contributed by atoms with van der Waals surface area (Å²) in [4.78, 5) is 9.85. The van der Waals surface area contributed by atoms with Crippen molar-refractivity contribution in [1.29, 1.82) is 0 Å². The Morgan fingerprint density at radius 2 is 1.65 bits per heavy atom. The molecule has 1 aliphatic heterocycles. The normalized spacial score (nSPS) is 16.4. The lowest BCUT2D eigenvalue weighted by atomic mass is 9.84. The van der Waals surface area contributed by atoms with Gasteiger partial charge in [-0.15, -0.1) is 0 Å². The van der Waals surface area contributed by atoms with Crippen LogP contribution in [-0.4, -0.2) is 59.5 Å². The van der Waals surface area contributed by atoms with Gasteiger partial charge in [0.2, 0.25) is 5.95 Å². The summed E-state index contributed by atoms with van der Waals surface area (Å²) in [5, 5.41) is 5.73. The Kier molecular flexibility index (Phi) is 15.9. The first-order chi connectivity index (χ1) is 24.5. The van der Waals surface area contributed by atoms with Gasteiger partial charge in [0.15, 0.2) is 11.6 Å². The Morgan fingerprint density at radius 3 is 2.21 bits per heavy atom. The number of nitrogens with one attached hydrogen (secondary N) is 2. The highest BCUT2D eigenvalue weighted by atomic mass is 31.1. The van der Waals surface area contributed by atoms with Crippen LogP contribution in [0.3, 0.4) is 0 Å². The molecule has 2 N–H and O–H groups in total. The number of hydrazine groups is 1. The molecule has 1 aliphatic rings. The van der Waals surface area contributed by atoms with Crippen molar-refractivity contribution in [2.24, 2.45) is 10.4 Å². The van der Waals surface area contributed by atoms with Crippen molar-refractivity contribution in [3.05, 3.63) is 119 Å². The number of nitrogens with zero attached hydrogens (tertiary/aromatic N) is 4. The number of hydrogen-bond donors (Lipinski definition) is 2. The first-order valence-corrected chi connectivity index (χ1v) is 18.3. The van der Waals surface area contributed by atoms with Crippen LogP contribution in [-0.2, 0) is 12.8 Å². The molecule has 1 saturated heterocycles. The van der Waals surface area contributed by atoms with Crippen LogP contribution in [0.1, 0.15) is 70.1 Å². The average molecular weight is 749 g/mol. The molecule has 1 fully saturated rings. The Labute approximate surface area is 306 Å². The second kappa shape index (κ2) is 19.4. The van der Waals surface area contributed by atoms with Gasteiger partial charge in [-0.3, -0.25) is 0 Å². The fraction of sp³-hybridized carbons (Fsp3) is 0.436. The molecule has 1 aromatic heterocycles. The van der Waals surface area contributed by atoms with Gasteiger partial charge in [0, 0.05) is 40.2 Å². The third-order valence-electron chi connectivity index (χ3n) is 8.84. The highest BCUT2D eigenvalue weighted by Crippen LogP contribution is 2.41. The van der Waals surface area contributed by atoms with Crippen molar-refractivity contribution in [1.82, 2.24) is 25.4 Å². The molecule has 0 saturated carbocycles. The van der Waals surface area contributed by atoms with Crippen molar-refractivity contribution in [2.75, 3.05) is 26.7 Å². The monoisotopic (exact) mass is 748 g/mol. The highest BCUT2D eigenvalue weighted by molar-refractivity contribution is 7.41. The molecule has 6 nitrogen and oxygen atoms in total. The predicted molar refractivity (Wildman–Crippen MR) is 202 cm³/mol. The number of rotatable bonds is 17. The van der Waals surface area contributed by atoms with Crippen molar-refractivity contribution in [3.8, 4) is 0 Å². The number of allylic oxidation sites excluding steroid dienone is 3. The van der Waals surface area contributed by atoms with E-state index in [9.17, 15) is 17.6 Å². The topological polar surface area (TPSA) is 55.8 Å². The molecule has 0 amide bonds. The molecular weight excluding hydrogens is 697 g/mol. The van der Waals surface area contributed by atoms with E-state index in [1.165, 1.54) is 24.8 Å². The second-order valence-corrected chi connectivity index (χ2v) is 14.9. The van der Waals surface area contributed by atoms with Gasteiger partial charge in [0.1, 0.15) is 5.71 Å². The summed E-state index contributed by atoms with van der Waals surface area (Å²) in [5.41, 5.74) is 2.63. The van der Waals surface area contributed by atoms with E-state index < -0.39 is 40.9 Å². The lowest BCUT2D eigenvalue weighted by Gasteiger charge is -2.40. The van der Waals surface area contributed by atoms with Crippen molar-refractivity contribution >= 4 is 20.1 Å². The minimum absolute atomic E-state index is 0.00789. The third kappa shape index (κ3) is 11.9. The zero-order valence-corrected chi connectivity index (χ0v) is 31.7. The number of aliphatic imine (C=N–C) groups is 1. The number of likely N-dealkylation sites (N-methyl/N-ethyl adjacent to an activating group) is 1. The standard InChI is InChI=1S/C39H51F6N6P/c1-9-27(24-29-18-17-28(33(41)34(29)42)16-15-23-51-21-13-12-14-22-51)36(37(38(5,6)7)50(8)47-11-3)52-49-31(10-2)35(48-26(4)39(43,44)45)30-19-20-32(40)46-25-30/h9-11,17-20,25,37,47,49,52H,1-3,12-16,21-24H2,4-8H3/b35-31+,36-27+,48-26+. The van der Waals surface area contributed by atoms with Crippen LogP contribution in [0.15, 0.2) is 90.1 Å². The minimum atomic E-state index is -4.73. The maximum absolute atomic E-state index is 15.8. The van der Waals surface area contributed by atoms with E-state index in [0.29, 0.717) is 22.9 Å². The molecule has 0 aliphatic carbocycles. The Balaban J connectivity index is 2.10. The molecular formula is C39H51F6N6P. The van der Waals surface area contributed by atoms with Gasteiger partial charge in [-0.1, -0.05) is 65.1 Å². The van der Waals surface area contributed by atoms with Gasteiger partial charge in [-0.2, -0.15) is 17.6 Å². The quantitative estimate of drug-likeness (QED) is 0.0422. The average Bonchev–Trinajstić information content (AvgIpc) is 3.09. The van der Waals surface area contributed by atoms with Gasteiger partial charge in [-0.25, -0.2) is 23.8 Å². The maximum atomic E-state index is 15.8. The zero-order valence-electron chi connectivity index (χ0n) is 30.7. The van der Waals surface area contributed by atoms with Crippen LogP contribution in [0.4, 0.5) is 26.3 Å². The fourth-order valence-electron chi connectivity index (χ4n) is 6.24. The number of aryl methyl sites for hydroxylation is 1. The van der Waals surface area contributed by atoms with Gasteiger partial charge >= 0.3 is 6.18 Å². The van der Waals surface area contributed by atoms with Crippen LogP contribution < -0.4 is 10.5 Å². The number of piperidine rings is 1. The summed E-state index contributed by atoms with van der Waals surface area (Å²) in [6, 6.07) is 5.12. The molecule has 0 radical (unpaired) electrons. The first-order valence-electron chi connectivity index (χ1n) is 17.3. The first kappa shape index (κ1) is 42.7. The molecule has 2 atom stereocenters. The minimum Gasteiger partial charge on any atom is -0.361 e. The van der Waals surface area contributed by atoms with Crippen molar-refractivity contribution in [3.63, 3.8) is 0 Å². The molecule has 0 spiro atoms. The molecule has 52 heavy (non-hydrogen) atoms. The lowest BCUT2D eigenvalue weighted by molar-refractivity contribution is -0.0591. The maximum Gasteiger partial charge on any atom is 0.429 e. The highest BCUT2D eigenvalue weighted by Gasteiger charge is 2.35. The van der Waals surface area contributed by atoms with E-state index in [1.807, 2.05) is 25.8 Å². The van der Waals surface area contributed by atoms with Gasteiger partial charge in [0.25, 0.3) is 0 Å². The van der Waals surface area contributed by atoms with E-state index in [-0.39, 0.29) is 37.7 Å². The van der Waals surface area contributed by atoms with E-state index in [2.05, 4.69) is 45.1 Å². The molecule has 2 heterocycles. The number of halogens is 6. The van der Waals surface area contributed by atoms with Crippen LogP contribution in [0.2, 0.25) is 0 Å². The number of aromatic nitrogens is 1. The van der Waals surface area contributed by atoms with Gasteiger partial charge in [-0.05, 0) is 97.9 Å². The number of likely N-dealkylation sites (tertiary alicyclic amines) is 1. The van der Waals surface area contributed by atoms with Crippen molar-refractivity contribution < 1.29 is 26.3 Å².